The molecule has 0 fully saturated rings. The van der Waals surface area contributed by atoms with Crippen molar-refractivity contribution in [2.45, 2.75) is 41.4 Å². The van der Waals surface area contributed by atoms with E-state index in [2.05, 4.69) is 48.9 Å². The van der Waals surface area contributed by atoms with Crippen LogP contribution < -0.4 is 0 Å². The van der Waals surface area contributed by atoms with Gasteiger partial charge in [0.1, 0.15) is 11.5 Å². The van der Waals surface area contributed by atoms with E-state index in [-0.39, 0.29) is 23.0 Å². The van der Waals surface area contributed by atoms with Crippen molar-refractivity contribution >= 4 is 36.4 Å². The molecule has 208 valence electrons. The molecule has 1 aliphatic carbocycles. The lowest BCUT2D eigenvalue weighted by Crippen LogP contribution is -2.48. The fraction of sp³-hybridized carbons (Fsp3) is 0.161. The zero-order valence-corrected chi connectivity index (χ0v) is 23.0. The maximum Gasteiger partial charge on any atom is 0.380 e. The van der Waals surface area contributed by atoms with Crippen molar-refractivity contribution < 1.29 is 35.2 Å². The smallest absolute Gasteiger partial charge is 0.380 e. The summed E-state index contributed by atoms with van der Waals surface area (Å²) in [6.07, 6.45) is 0. The molecule has 0 aliphatic heterocycles. The van der Waals surface area contributed by atoms with Crippen molar-refractivity contribution in [2.75, 3.05) is 0 Å². The van der Waals surface area contributed by atoms with Crippen LogP contribution in [0.25, 0.3) is 11.1 Å². The van der Waals surface area contributed by atoms with Gasteiger partial charge in [-0.25, -0.2) is 0 Å². The van der Waals surface area contributed by atoms with Crippen LogP contribution in [0.15, 0.2) is 79.3 Å². The molecule has 0 saturated carbocycles. The highest BCUT2D eigenvalue weighted by molar-refractivity contribution is 7.80. The third-order valence-corrected chi connectivity index (χ3v) is 7.03. The van der Waals surface area contributed by atoms with Crippen molar-refractivity contribution in [3.8, 4) is 23.7 Å². The topological polar surface area (TPSA) is 26.3 Å². The first kappa shape index (κ1) is 28.7. The van der Waals surface area contributed by atoms with Crippen molar-refractivity contribution in [1.29, 1.82) is 0 Å². The van der Waals surface area contributed by atoms with E-state index in [1.807, 2.05) is 0 Å². The lowest BCUT2D eigenvalue weighted by atomic mass is 9.95. The third kappa shape index (κ3) is 4.96. The number of halogens is 6. The molecule has 2 heterocycles. The molecule has 0 atom stereocenters. The Morgan fingerprint density at radius 2 is 0.902 bits per heavy atom. The molecule has 2 aromatic carbocycles. The van der Waals surface area contributed by atoms with Crippen LogP contribution in [0.4, 0.5) is 26.3 Å². The van der Waals surface area contributed by atoms with E-state index in [0.717, 1.165) is 12.1 Å². The normalized spacial score (nSPS) is 16.6. The summed E-state index contributed by atoms with van der Waals surface area (Å²) in [5.74, 6) is -6.43. The number of benzene rings is 2. The zero-order valence-electron chi connectivity index (χ0n) is 21.3. The zero-order chi connectivity index (χ0) is 29.7. The summed E-state index contributed by atoms with van der Waals surface area (Å²) < 4.78 is 102. The first-order valence-corrected chi connectivity index (χ1v) is 12.8. The summed E-state index contributed by atoms with van der Waals surface area (Å²) in [5.41, 5.74) is -3.28. The number of thiol groups is 2. The summed E-state index contributed by atoms with van der Waals surface area (Å²) in [5, 5.41) is 0. The van der Waals surface area contributed by atoms with Gasteiger partial charge in [-0.2, -0.15) is 26.3 Å². The Kier molecular flexibility index (Phi) is 7.13. The highest BCUT2D eigenvalue weighted by atomic mass is 32.1. The number of allylic oxidation sites excluding steroid dienone is 2. The summed E-state index contributed by atoms with van der Waals surface area (Å²) in [4.78, 5) is 1.37. The van der Waals surface area contributed by atoms with Crippen molar-refractivity contribution in [1.82, 2.24) is 0 Å². The molecular formula is C31H18F6O2S2. The number of furan rings is 2. The van der Waals surface area contributed by atoms with Crippen molar-refractivity contribution in [3.05, 3.63) is 106 Å². The second-order valence-corrected chi connectivity index (χ2v) is 10.3. The molecule has 0 saturated heterocycles. The molecule has 10 heteroatoms. The molecule has 0 amide bonds. The monoisotopic (exact) mass is 600 g/mol. The van der Waals surface area contributed by atoms with Gasteiger partial charge < -0.3 is 8.83 Å². The summed E-state index contributed by atoms with van der Waals surface area (Å²) in [7, 11) is 0. The predicted molar refractivity (Wildman–Crippen MR) is 148 cm³/mol. The Balaban J connectivity index is 1.64. The van der Waals surface area contributed by atoms with Crippen LogP contribution >= 0.6 is 25.3 Å². The van der Waals surface area contributed by atoms with Crippen molar-refractivity contribution in [2.24, 2.45) is 0 Å². The quantitative estimate of drug-likeness (QED) is 0.137. The number of hydrogen-bond donors (Lipinski definition) is 2. The first-order valence-electron chi connectivity index (χ1n) is 11.9. The Hall–Kier alpha value is -3.86. The molecular weight excluding hydrogens is 582 g/mol. The van der Waals surface area contributed by atoms with Gasteiger partial charge >= 0.3 is 17.8 Å². The maximum absolute atomic E-state index is 15.3. The minimum Gasteiger partial charge on any atom is -0.452 e. The molecule has 4 aromatic rings. The lowest BCUT2D eigenvalue weighted by molar-refractivity contribution is -0.254. The third-order valence-electron chi connectivity index (χ3n) is 6.44. The van der Waals surface area contributed by atoms with Gasteiger partial charge in [-0.05, 0) is 74.2 Å². The molecule has 1 aliphatic rings. The van der Waals surface area contributed by atoms with Gasteiger partial charge in [-0.1, -0.05) is 11.8 Å². The van der Waals surface area contributed by atoms with Crippen molar-refractivity contribution in [3.63, 3.8) is 0 Å². The lowest BCUT2D eigenvalue weighted by Gasteiger charge is -2.25. The van der Waals surface area contributed by atoms with Gasteiger partial charge in [0.05, 0.1) is 0 Å². The largest absolute Gasteiger partial charge is 0.452 e. The molecule has 0 N–H and O–H groups in total. The Morgan fingerprint density at radius 3 is 1.24 bits per heavy atom. The Labute approximate surface area is 242 Å². The average molecular weight is 601 g/mol. The average Bonchev–Trinajstić information content (AvgIpc) is 3.49. The van der Waals surface area contributed by atoms with Gasteiger partial charge in [0.2, 0.25) is 0 Å². The van der Waals surface area contributed by atoms with E-state index in [1.54, 1.807) is 48.5 Å². The fourth-order valence-electron chi connectivity index (χ4n) is 4.37. The van der Waals surface area contributed by atoms with Crippen LogP contribution in [0, 0.1) is 37.5 Å². The Morgan fingerprint density at radius 1 is 0.561 bits per heavy atom. The highest BCUT2D eigenvalue weighted by Gasteiger charge is 2.80. The van der Waals surface area contributed by atoms with Crippen LogP contribution in [-0.4, -0.2) is 17.8 Å². The summed E-state index contributed by atoms with van der Waals surface area (Å²) in [6.45, 7) is 2.42. The molecule has 0 bridgehead atoms. The van der Waals surface area contributed by atoms with E-state index in [1.165, 1.54) is 13.8 Å². The van der Waals surface area contributed by atoms with E-state index < -0.39 is 40.0 Å². The van der Waals surface area contributed by atoms with E-state index >= 15 is 17.6 Å². The van der Waals surface area contributed by atoms with Gasteiger partial charge in [-0.15, -0.1) is 25.3 Å². The van der Waals surface area contributed by atoms with Crippen LogP contribution in [0.2, 0.25) is 0 Å². The van der Waals surface area contributed by atoms with Crippen LogP contribution in [0.5, 0.6) is 0 Å². The fourth-order valence-corrected chi connectivity index (χ4v) is 4.67. The van der Waals surface area contributed by atoms with Gasteiger partial charge in [0, 0.05) is 55.3 Å². The van der Waals surface area contributed by atoms with E-state index in [4.69, 9.17) is 8.83 Å². The number of rotatable bonds is 2. The minimum atomic E-state index is -5.74. The van der Waals surface area contributed by atoms with Gasteiger partial charge in [0.15, 0.2) is 11.5 Å². The number of hydrogen-bond acceptors (Lipinski definition) is 4. The van der Waals surface area contributed by atoms with Gasteiger partial charge in [0.25, 0.3) is 0 Å². The van der Waals surface area contributed by atoms with Crippen LogP contribution in [-0.2, 0) is 0 Å². The second-order valence-electron chi connectivity index (χ2n) is 9.23. The van der Waals surface area contributed by atoms with Gasteiger partial charge in [-0.3, -0.25) is 0 Å². The highest BCUT2D eigenvalue weighted by Crippen LogP contribution is 2.65. The number of aryl methyl sites for hydroxylation is 2. The molecule has 0 spiro atoms. The molecule has 41 heavy (non-hydrogen) atoms. The summed E-state index contributed by atoms with van der Waals surface area (Å²) in [6, 6.07) is 15.2. The minimum absolute atomic E-state index is 0.170. The molecule has 2 nitrogen and oxygen atoms in total. The SMILES string of the molecule is Cc1oc(C#Cc2ccc(S)cc2)cc1C1=C(c2cc(C#Cc3ccc(S)cc3)oc2C)C(F)(F)C(F)(F)C1(F)F. The van der Waals surface area contributed by atoms with E-state index in [9.17, 15) is 8.78 Å². The second kappa shape index (κ2) is 10.2. The molecule has 0 unspecified atom stereocenters. The molecule has 0 radical (unpaired) electrons. The molecule has 5 rings (SSSR count). The standard InChI is InChI=1S/C31H18F6O2S2/c1-17-25(15-21(38-17)9-3-19-5-11-23(40)12-6-19)27-28(30(34,35)31(36,37)29(27,32)33)26-16-22(39-18(26)2)10-4-20-7-13-24(41)14-8-20/h5-8,11-16,40-41H,1-2H3. The summed E-state index contributed by atoms with van der Waals surface area (Å²) >= 11 is 8.35. The van der Waals surface area contributed by atoms with E-state index in [0.29, 0.717) is 20.9 Å². The van der Waals surface area contributed by atoms with Crippen LogP contribution in [0.1, 0.15) is 45.3 Å². The number of alkyl halides is 6. The van der Waals surface area contributed by atoms with Crippen LogP contribution in [0.3, 0.4) is 0 Å². The maximum atomic E-state index is 15.3. The first-order chi connectivity index (χ1) is 19.2. The Bertz CT molecular complexity index is 1670. The molecule has 2 aromatic heterocycles. The predicted octanol–water partition coefficient (Wildman–Crippen LogP) is 8.70.